The average Bonchev–Trinajstić information content (AvgIpc) is 2.60. The van der Waals surface area contributed by atoms with Gasteiger partial charge in [-0.05, 0) is 47.6 Å². The molecule has 0 amide bonds. The van der Waals surface area contributed by atoms with Gasteiger partial charge in [-0.1, -0.05) is 26.0 Å². The summed E-state index contributed by atoms with van der Waals surface area (Å²) in [5.41, 5.74) is 2.88. The van der Waals surface area contributed by atoms with Crippen LogP contribution in [0.1, 0.15) is 37.8 Å². The number of carbonyl (C=O) groups excluding carboxylic acids is 1. The second kappa shape index (κ2) is 3.96. The van der Waals surface area contributed by atoms with Crippen molar-refractivity contribution in [3.05, 3.63) is 41.5 Å². The number of methoxy groups -OCH3 is 1. The standard InChI is InChI=1S/C17H20O2/c1-16(2)11-12-4-5-14(19-3)10-15(12)17(16)8-6-13(18)7-9-17/h4-6,8,10H,7,9,11H2,1-3H3. The van der Waals surface area contributed by atoms with Gasteiger partial charge in [0, 0.05) is 11.8 Å². The lowest BCUT2D eigenvalue weighted by Crippen LogP contribution is -2.39. The lowest BCUT2D eigenvalue weighted by Gasteiger charge is -2.41. The molecule has 0 aliphatic heterocycles. The van der Waals surface area contributed by atoms with E-state index < -0.39 is 0 Å². The Balaban J connectivity index is 2.19. The van der Waals surface area contributed by atoms with Gasteiger partial charge in [0.15, 0.2) is 5.78 Å². The highest BCUT2D eigenvalue weighted by Crippen LogP contribution is 2.56. The highest BCUT2D eigenvalue weighted by molar-refractivity contribution is 5.91. The third-order valence-corrected chi connectivity index (χ3v) is 4.96. The van der Waals surface area contributed by atoms with Gasteiger partial charge in [0.1, 0.15) is 5.75 Å². The molecular formula is C17H20O2. The van der Waals surface area contributed by atoms with Crippen LogP contribution >= 0.6 is 0 Å². The van der Waals surface area contributed by atoms with Crippen LogP contribution in [0.25, 0.3) is 0 Å². The van der Waals surface area contributed by atoms with E-state index in [2.05, 4.69) is 32.1 Å². The molecule has 0 heterocycles. The summed E-state index contributed by atoms with van der Waals surface area (Å²) in [6, 6.07) is 6.37. The molecule has 0 N–H and O–H groups in total. The summed E-state index contributed by atoms with van der Waals surface area (Å²) >= 11 is 0. The second-order valence-corrected chi connectivity index (χ2v) is 6.35. The Morgan fingerprint density at radius 2 is 2.05 bits per heavy atom. The number of ketones is 1. The number of ether oxygens (including phenoxy) is 1. The largest absolute Gasteiger partial charge is 0.497 e. The SMILES string of the molecule is COc1ccc2c(c1)C1(C=CC(=O)CC1)C(C)(C)C2. The molecule has 1 aromatic rings. The van der Waals surface area contributed by atoms with E-state index in [1.807, 2.05) is 6.07 Å². The van der Waals surface area contributed by atoms with Crippen molar-refractivity contribution in [1.29, 1.82) is 0 Å². The molecule has 2 aliphatic carbocycles. The van der Waals surface area contributed by atoms with E-state index in [0.717, 1.165) is 18.6 Å². The van der Waals surface area contributed by atoms with Gasteiger partial charge in [-0.25, -0.2) is 0 Å². The quantitative estimate of drug-likeness (QED) is 0.769. The monoisotopic (exact) mass is 256 g/mol. The molecule has 2 aliphatic rings. The molecular weight excluding hydrogens is 236 g/mol. The van der Waals surface area contributed by atoms with E-state index in [-0.39, 0.29) is 16.6 Å². The summed E-state index contributed by atoms with van der Waals surface area (Å²) in [6.07, 6.45) is 6.54. The molecule has 1 aromatic carbocycles. The van der Waals surface area contributed by atoms with Gasteiger partial charge >= 0.3 is 0 Å². The van der Waals surface area contributed by atoms with Crippen molar-refractivity contribution in [2.75, 3.05) is 7.11 Å². The number of fused-ring (bicyclic) bond motifs is 2. The highest BCUT2D eigenvalue weighted by atomic mass is 16.5. The van der Waals surface area contributed by atoms with Gasteiger partial charge in [-0.2, -0.15) is 0 Å². The van der Waals surface area contributed by atoms with Crippen molar-refractivity contribution in [3.8, 4) is 5.75 Å². The van der Waals surface area contributed by atoms with Crippen LogP contribution in [0.5, 0.6) is 5.75 Å². The minimum absolute atomic E-state index is 0.00914. The van der Waals surface area contributed by atoms with Crippen LogP contribution in [-0.2, 0) is 16.6 Å². The Morgan fingerprint density at radius 3 is 2.68 bits per heavy atom. The van der Waals surface area contributed by atoms with Gasteiger partial charge in [0.2, 0.25) is 0 Å². The number of carbonyl (C=O) groups is 1. The Bertz CT molecular complexity index is 569. The molecule has 1 unspecified atom stereocenters. The van der Waals surface area contributed by atoms with Crippen LogP contribution in [0.3, 0.4) is 0 Å². The van der Waals surface area contributed by atoms with Gasteiger partial charge < -0.3 is 4.74 Å². The number of hydrogen-bond donors (Lipinski definition) is 0. The Labute approximate surface area is 114 Å². The van der Waals surface area contributed by atoms with Crippen LogP contribution < -0.4 is 4.74 Å². The van der Waals surface area contributed by atoms with Crippen molar-refractivity contribution in [1.82, 2.24) is 0 Å². The fourth-order valence-corrected chi connectivity index (χ4v) is 3.76. The summed E-state index contributed by atoms with van der Waals surface area (Å²) in [6.45, 7) is 4.61. The molecule has 0 saturated heterocycles. The molecule has 3 rings (SSSR count). The zero-order valence-corrected chi connectivity index (χ0v) is 11.8. The van der Waals surface area contributed by atoms with Crippen LogP contribution in [0.4, 0.5) is 0 Å². The summed E-state index contributed by atoms with van der Waals surface area (Å²) in [4.78, 5) is 11.5. The molecule has 1 spiro atoms. The Kier molecular flexibility index (Phi) is 2.60. The maximum absolute atomic E-state index is 11.5. The number of benzene rings is 1. The lowest BCUT2D eigenvalue weighted by atomic mass is 9.61. The van der Waals surface area contributed by atoms with Crippen molar-refractivity contribution in [3.63, 3.8) is 0 Å². The topological polar surface area (TPSA) is 26.3 Å². The third kappa shape index (κ3) is 1.66. The molecule has 0 saturated carbocycles. The van der Waals surface area contributed by atoms with E-state index in [0.29, 0.717) is 6.42 Å². The van der Waals surface area contributed by atoms with E-state index in [1.165, 1.54) is 11.1 Å². The lowest BCUT2D eigenvalue weighted by molar-refractivity contribution is -0.115. The minimum atomic E-state index is -0.00914. The fourth-order valence-electron chi connectivity index (χ4n) is 3.76. The first kappa shape index (κ1) is 12.5. The van der Waals surface area contributed by atoms with Crippen LogP contribution in [-0.4, -0.2) is 12.9 Å². The van der Waals surface area contributed by atoms with Crippen LogP contribution in [0.15, 0.2) is 30.4 Å². The molecule has 2 heteroatoms. The maximum Gasteiger partial charge on any atom is 0.155 e. The third-order valence-electron chi connectivity index (χ3n) is 4.96. The van der Waals surface area contributed by atoms with E-state index >= 15 is 0 Å². The predicted molar refractivity (Wildman–Crippen MR) is 75.5 cm³/mol. The van der Waals surface area contributed by atoms with Gasteiger partial charge in [-0.15, -0.1) is 0 Å². The van der Waals surface area contributed by atoms with Crippen LogP contribution in [0.2, 0.25) is 0 Å². The van der Waals surface area contributed by atoms with E-state index in [9.17, 15) is 4.79 Å². The van der Waals surface area contributed by atoms with Crippen molar-refractivity contribution in [2.24, 2.45) is 5.41 Å². The van der Waals surface area contributed by atoms with Crippen molar-refractivity contribution >= 4 is 5.78 Å². The summed E-state index contributed by atoms with van der Waals surface area (Å²) < 4.78 is 5.37. The first-order chi connectivity index (χ1) is 8.98. The predicted octanol–water partition coefficient (Wildman–Crippen LogP) is 3.43. The highest BCUT2D eigenvalue weighted by Gasteiger charge is 2.51. The first-order valence-electron chi connectivity index (χ1n) is 6.88. The molecule has 0 bridgehead atoms. The summed E-state index contributed by atoms with van der Waals surface area (Å²) in [5, 5.41) is 0. The molecule has 100 valence electrons. The first-order valence-corrected chi connectivity index (χ1v) is 6.88. The van der Waals surface area contributed by atoms with E-state index in [4.69, 9.17) is 4.74 Å². The van der Waals surface area contributed by atoms with Gasteiger partial charge in [0.25, 0.3) is 0 Å². The van der Waals surface area contributed by atoms with E-state index in [1.54, 1.807) is 13.2 Å². The van der Waals surface area contributed by atoms with Crippen LogP contribution in [0, 0.1) is 5.41 Å². The number of allylic oxidation sites excluding steroid dienone is 2. The zero-order chi connectivity index (χ0) is 13.7. The molecule has 0 aromatic heterocycles. The summed E-state index contributed by atoms with van der Waals surface area (Å²) in [7, 11) is 1.70. The molecule has 19 heavy (non-hydrogen) atoms. The molecule has 1 atom stereocenters. The minimum Gasteiger partial charge on any atom is -0.497 e. The number of hydrogen-bond acceptors (Lipinski definition) is 2. The average molecular weight is 256 g/mol. The second-order valence-electron chi connectivity index (χ2n) is 6.35. The zero-order valence-electron chi connectivity index (χ0n) is 11.8. The maximum atomic E-state index is 11.5. The normalized spacial score (nSPS) is 27.6. The van der Waals surface area contributed by atoms with Gasteiger partial charge in [0.05, 0.1) is 7.11 Å². The van der Waals surface area contributed by atoms with Crippen molar-refractivity contribution in [2.45, 2.75) is 38.5 Å². The molecule has 0 radical (unpaired) electrons. The van der Waals surface area contributed by atoms with Gasteiger partial charge in [-0.3, -0.25) is 4.79 Å². The molecule has 0 fully saturated rings. The van der Waals surface area contributed by atoms with Crippen molar-refractivity contribution < 1.29 is 9.53 Å². The number of rotatable bonds is 1. The fraction of sp³-hybridized carbons (Fsp3) is 0.471. The molecule has 2 nitrogen and oxygen atoms in total. The Morgan fingerprint density at radius 1 is 1.26 bits per heavy atom. The Hall–Kier alpha value is -1.57. The smallest absolute Gasteiger partial charge is 0.155 e. The summed E-state index contributed by atoms with van der Waals surface area (Å²) in [5.74, 6) is 1.15.